The predicted octanol–water partition coefficient (Wildman–Crippen LogP) is 2.04. The summed E-state index contributed by atoms with van der Waals surface area (Å²) in [5.74, 6) is -1.06. The number of nitrogens with zero attached hydrogens (tertiary/aromatic N) is 1. The van der Waals surface area contributed by atoms with Crippen molar-refractivity contribution in [3.63, 3.8) is 0 Å². The van der Waals surface area contributed by atoms with Crippen LogP contribution in [0.25, 0.3) is 0 Å². The Balaban J connectivity index is 2.93. The second kappa shape index (κ2) is 10.2. The number of carbonyl (C=O) groups is 3. The van der Waals surface area contributed by atoms with Crippen LogP contribution in [0, 0.1) is 0 Å². The summed E-state index contributed by atoms with van der Waals surface area (Å²) >= 11 is 1.18. The molecule has 0 bridgehead atoms. The molecule has 1 heterocycles. The van der Waals surface area contributed by atoms with Gasteiger partial charge in [0, 0.05) is 31.3 Å². The highest BCUT2D eigenvalue weighted by Gasteiger charge is 2.27. The number of methoxy groups -OCH3 is 1. The maximum atomic E-state index is 12.1. The number of aromatic nitrogens is 1. The van der Waals surface area contributed by atoms with Crippen molar-refractivity contribution in [1.82, 2.24) is 15.6 Å². The molecule has 2 N–H and O–H groups in total. The van der Waals surface area contributed by atoms with Gasteiger partial charge in [0.05, 0.1) is 7.11 Å². The van der Waals surface area contributed by atoms with Crippen molar-refractivity contribution in [2.24, 2.45) is 0 Å². The minimum absolute atomic E-state index is 0.139. The van der Waals surface area contributed by atoms with E-state index in [4.69, 9.17) is 9.47 Å². The Morgan fingerprint density at radius 1 is 1.30 bits per heavy atom. The summed E-state index contributed by atoms with van der Waals surface area (Å²) in [6, 6.07) is -0.389. The fourth-order valence-electron chi connectivity index (χ4n) is 2.21. The van der Waals surface area contributed by atoms with Crippen molar-refractivity contribution < 1.29 is 28.6 Å². The molecule has 27 heavy (non-hydrogen) atoms. The van der Waals surface area contributed by atoms with Gasteiger partial charge in [0.1, 0.15) is 10.6 Å². The third-order valence-electron chi connectivity index (χ3n) is 3.17. The molecular formula is C17H27N3O6S. The van der Waals surface area contributed by atoms with Crippen molar-refractivity contribution in [3.8, 4) is 0 Å². The van der Waals surface area contributed by atoms with Gasteiger partial charge in [-0.1, -0.05) is 0 Å². The highest BCUT2D eigenvalue weighted by molar-refractivity contribution is 7.09. The largest absolute Gasteiger partial charge is 0.464 e. The predicted molar refractivity (Wildman–Crippen MR) is 99.7 cm³/mol. The van der Waals surface area contributed by atoms with E-state index in [1.165, 1.54) is 30.8 Å². The molecule has 9 nitrogen and oxygen atoms in total. The van der Waals surface area contributed by atoms with E-state index in [2.05, 4.69) is 20.4 Å². The summed E-state index contributed by atoms with van der Waals surface area (Å²) in [6.07, 6.45) is -1.04. The number of thiazole rings is 1. The number of hydrogen-bond acceptors (Lipinski definition) is 9. The maximum absolute atomic E-state index is 12.1. The Bertz CT molecular complexity index is 655. The number of likely N-dealkylation sites (N-methyl/N-ethyl adjacent to an activating group) is 1. The molecule has 1 aromatic rings. The van der Waals surface area contributed by atoms with Crippen LogP contribution >= 0.6 is 11.3 Å². The molecule has 0 fully saturated rings. The minimum atomic E-state index is -0.723. The minimum Gasteiger partial charge on any atom is -0.464 e. The lowest BCUT2D eigenvalue weighted by atomic mass is 10.1. The van der Waals surface area contributed by atoms with Crippen molar-refractivity contribution in [2.75, 3.05) is 20.7 Å². The second-order valence-electron chi connectivity index (χ2n) is 6.80. The van der Waals surface area contributed by atoms with E-state index in [9.17, 15) is 14.4 Å². The van der Waals surface area contributed by atoms with Gasteiger partial charge in [-0.05, 0) is 27.8 Å². The van der Waals surface area contributed by atoms with Crippen LogP contribution in [0.5, 0.6) is 0 Å². The van der Waals surface area contributed by atoms with Gasteiger partial charge in [-0.2, -0.15) is 0 Å². The van der Waals surface area contributed by atoms with Gasteiger partial charge in [0.15, 0.2) is 11.8 Å². The topological polar surface area (TPSA) is 116 Å². The first-order valence-corrected chi connectivity index (χ1v) is 9.28. The van der Waals surface area contributed by atoms with E-state index in [1.54, 1.807) is 27.8 Å². The van der Waals surface area contributed by atoms with E-state index in [-0.39, 0.29) is 18.2 Å². The van der Waals surface area contributed by atoms with Gasteiger partial charge in [0.25, 0.3) is 0 Å². The average Bonchev–Trinajstić information content (AvgIpc) is 3.01. The van der Waals surface area contributed by atoms with Gasteiger partial charge in [-0.15, -0.1) is 11.3 Å². The number of ether oxygens (including phenoxy) is 3. The SMILES string of the molecule is CNC[C@@H](C[C@@H](OC(C)=O)c1nc(C(=O)OC)cs1)NC(=O)OC(C)(C)C. The first-order chi connectivity index (χ1) is 12.6. The van der Waals surface area contributed by atoms with Gasteiger partial charge in [-0.3, -0.25) is 4.79 Å². The maximum Gasteiger partial charge on any atom is 0.407 e. The highest BCUT2D eigenvalue weighted by Crippen LogP contribution is 2.27. The monoisotopic (exact) mass is 401 g/mol. The summed E-state index contributed by atoms with van der Waals surface area (Å²) in [4.78, 5) is 39.4. The van der Waals surface area contributed by atoms with Crippen LogP contribution in [0.4, 0.5) is 4.79 Å². The first-order valence-electron chi connectivity index (χ1n) is 8.40. The van der Waals surface area contributed by atoms with E-state index in [0.29, 0.717) is 11.6 Å². The molecule has 0 aromatic carbocycles. The van der Waals surface area contributed by atoms with Crippen LogP contribution in [0.15, 0.2) is 5.38 Å². The van der Waals surface area contributed by atoms with Crippen LogP contribution < -0.4 is 10.6 Å². The molecule has 0 aliphatic carbocycles. The van der Waals surface area contributed by atoms with Gasteiger partial charge in [-0.25, -0.2) is 14.6 Å². The molecule has 1 rings (SSSR count). The summed E-state index contributed by atoms with van der Waals surface area (Å²) in [7, 11) is 3.00. The quantitative estimate of drug-likeness (QED) is 0.502. The lowest BCUT2D eigenvalue weighted by molar-refractivity contribution is -0.147. The molecule has 1 aromatic heterocycles. The molecule has 0 saturated heterocycles. The lowest BCUT2D eigenvalue weighted by Crippen LogP contribution is -2.44. The fraction of sp³-hybridized carbons (Fsp3) is 0.647. The van der Waals surface area contributed by atoms with E-state index < -0.39 is 29.7 Å². The standard InChI is InChI=1S/C17H27N3O6S/c1-10(21)25-13(14-20-12(9-27-14)15(22)24-6)7-11(8-18-5)19-16(23)26-17(2,3)4/h9,11,13,18H,7-8H2,1-6H3,(H,19,23)/t11-,13-/m1/s1. The number of carbonyl (C=O) groups excluding carboxylic acids is 3. The van der Waals surface area contributed by atoms with E-state index >= 15 is 0 Å². The number of amides is 1. The highest BCUT2D eigenvalue weighted by atomic mass is 32.1. The summed E-state index contributed by atoms with van der Waals surface area (Å²) < 4.78 is 15.3. The number of rotatable bonds is 8. The van der Waals surface area contributed by atoms with Gasteiger partial charge >= 0.3 is 18.0 Å². The molecule has 152 valence electrons. The number of hydrogen-bond donors (Lipinski definition) is 2. The molecule has 0 aliphatic rings. The Labute approximate surface area is 162 Å². The second-order valence-corrected chi connectivity index (χ2v) is 7.69. The van der Waals surface area contributed by atoms with Crippen molar-refractivity contribution in [2.45, 2.75) is 51.9 Å². The smallest absolute Gasteiger partial charge is 0.407 e. The van der Waals surface area contributed by atoms with Crippen molar-refractivity contribution in [3.05, 3.63) is 16.1 Å². The van der Waals surface area contributed by atoms with Crippen LogP contribution in [0.2, 0.25) is 0 Å². The van der Waals surface area contributed by atoms with E-state index in [1.807, 2.05) is 0 Å². The number of esters is 2. The number of alkyl carbamates (subject to hydrolysis) is 1. The zero-order valence-electron chi connectivity index (χ0n) is 16.5. The molecule has 1 amide bonds. The molecule has 10 heteroatoms. The van der Waals surface area contributed by atoms with Crippen LogP contribution in [0.3, 0.4) is 0 Å². The number of nitrogens with one attached hydrogen (secondary N) is 2. The lowest BCUT2D eigenvalue weighted by Gasteiger charge is -2.25. The zero-order chi connectivity index (χ0) is 20.6. The Hall–Kier alpha value is -2.20. The molecule has 0 aliphatic heterocycles. The molecular weight excluding hydrogens is 374 g/mol. The average molecular weight is 401 g/mol. The van der Waals surface area contributed by atoms with Crippen molar-refractivity contribution in [1.29, 1.82) is 0 Å². The third-order valence-corrected chi connectivity index (χ3v) is 4.11. The first kappa shape index (κ1) is 22.8. The Kier molecular flexibility index (Phi) is 8.64. The molecule has 0 saturated carbocycles. The van der Waals surface area contributed by atoms with Crippen LogP contribution in [-0.2, 0) is 19.0 Å². The molecule has 2 atom stereocenters. The zero-order valence-corrected chi connectivity index (χ0v) is 17.3. The molecule has 0 radical (unpaired) electrons. The van der Waals surface area contributed by atoms with E-state index in [0.717, 1.165) is 0 Å². The summed E-state index contributed by atoms with van der Waals surface area (Å²) in [6.45, 7) is 7.02. The Morgan fingerprint density at radius 3 is 2.48 bits per heavy atom. The van der Waals surface area contributed by atoms with Crippen LogP contribution in [0.1, 0.15) is 55.7 Å². The molecule has 0 spiro atoms. The van der Waals surface area contributed by atoms with Crippen molar-refractivity contribution >= 4 is 29.4 Å². The Morgan fingerprint density at radius 2 is 1.96 bits per heavy atom. The van der Waals surface area contributed by atoms with Crippen LogP contribution in [-0.4, -0.2) is 55.4 Å². The normalized spacial score (nSPS) is 13.4. The fourth-order valence-corrected chi connectivity index (χ4v) is 3.03. The summed E-state index contributed by atoms with van der Waals surface area (Å²) in [5, 5.41) is 7.71. The van der Waals surface area contributed by atoms with Gasteiger partial charge in [0.2, 0.25) is 0 Å². The molecule has 0 unspecified atom stereocenters. The summed E-state index contributed by atoms with van der Waals surface area (Å²) in [5.41, 5.74) is -0.492. The van der Waals surface area contributed by atoms with Gasteiger partial charge < -0.3 is 24.8 Å². The third kappa shape index (κ3) is 8.35.